The van der Waals surface area contributed by atoms with Crippen LogP contribution in [0.3, 0.4) is 0 Å². The molecule has 0 aromatic carbocycles. The molecule has 4 aliphatic rings. The molecule has 0 aromatic rings. The monoisotopic (exact) mass is 798 g/mol. The molecule has 4 aliphatic heterocycles. The average Bonchev–Trinajstić information content (AvgIpc) is 3.10. The summed E-state index contributed by atoms with van der Waals surface area (Å²) < 4.78 is 46.5. The summed E-state index contributed by atoms with van der Waals surface area (Å²) in [6.07, 6.45) is 0.399. The Kier molecular flexibility index (Phi) is 16.9. The van der Waals surface area contributed by atoms with Crippen molar-refractivity contribution >= 4 is 23.9 Å². The van der Waals surface area contributed by atoms with E-state index in [0.717, 1.165) is 31.8 Å². The highest BCUT2D eigenvalue weighted by molar-refractivity contribution is 5.83. The van der Waals surface area contributed by atoms with E-state index in [2.05, 4.69) is 6.92 Å². The van der Waals surface area contributed by atoms with E-state index < -0.39 is 103 Å². The first-order valence-electron chi connectivity index (χ1n) is 19.9. The summed E-state index contributed by atoms with van der Waals surface area (Å²) in [5, 5.41) is 45.6. The molecular formula is C40H62O16. The summed E-state index contributed by atoms with van der Waals surface area (Å²) in [4.78, 5) is 51.0. The summed E-state index contributed by atoms with van der Waals surface area (Å²) in [5.74, 6) is -6.92. The molecule has 4 N–H and O–H groups in total. The van der Waals surface area contributed by atoms with Crippen LogP contribution in [0, 0.1) is 5.41 Å². The van der Waals surface area contributed by atoms with Gasteiger partial charge in [-0.3, -0.25) is 14.4 Å². The van der Waals surface area contributed by atoms with E-state index in [9.17, 15) is 39.6 Å². The van der Waals surface area contributed by atoms with Gasteiger partial charge in [0.1, 0.15) is 12.2 Å². The molecule has 56 heavy (non-hydrogen) atoms. The number of methoxy groups -OCH3 is 1. The normalized spacial score (nSPS) is 36.7. The first-order chi connectivity index (χ1) is 26.5. The highest BCUT2D eigenvalue weighted by atomic mass is 16.7. The van der Waals surface area contributed by atoms with Crippen molar-refractivity contribution in [2.45, 2.75) is 178 Å². The molecule has 0 radical (unpaired) electrons. The van der Waals surface area contributed by atoms with Gasteiger partial charge in [0, 0.05) is 56.9 Å². The van der Waals surface area contributed by atoms with Crippen LogP contribution in [-0.4, -0.2) is 125 Å². The van der Waals surface area contributed by atoms with Gasteiger partial charge in [0.05, 0.1) is 51.2 Å². The van der Waals surface area contributed by atoms with Crippen molar-refractivity contribution in [1.82, 2.24) is 0 Å². The zero-order chi connectivity index (χ0) is 41.1. The van der Waals surface area contributed by atoms with Crippen molar-refractivity contribution in [1.29, 1.82) is 0 Å². The Bertz CT molecular complexity index is 1400. The second-order valence-corrected chi connectivity index (χ2v) is 16.0. The lowest BCUT2D eigenvalue weighted by atomic mass is 9.74. The third kappa shape index (κ3) is 13.0. The number of cyclic esters (lactones) is 1. The van der Waals surface area contributed by atoms with Crippen molar-refractivity contribution in [3.8, 4) is 0 Å². The molecule has 0 unspecified atom stereocenters. The third-order valence-corrected chi connectivity index (χ3v) is 10.7. The zero-order valence-corrected chi connectivity index (χ0v) is 33.4. The van der Waals surface area contributed by atoms with E-state index in [1.807, 2.05) is 0 Å². The van der Waals surface area contributed by atoms with Crippen LogP contribution in [0.2, 0.25) is 0 Å². The van der Waals surface area contributed by atoms with Crippen LogP contribution in [0.4, 0.5) is 0 Å². The summed E-state index contributed by atoms with van der Waals surface area (Å²) in [6, 6.07) is 0. The lowest BCUT2D eigenvalue weighted by Crippen LogP contribution is -2.62. The van der Waals surface area contributed by atoms with Gasteiger partial charge in [0.15, 0.2) is 18.2 Å². The fraction of sp³-hybridized carbons (Fsp3) is 0.800. The van der Waals surface area contributed by atoms with E-state index in [4.69, 9.17) is 37.9 Å². The zero-order valence-electron chi connectivity index (χ0n) is 33.4. The number of carbonyl (C=O) groups excluding carboxylic acids is 4. The number of hydrogen-bond acceptors (Lipinski definition) is 16. The minimum absolute atomic E-state index is 0.0401. The van der Waals surface area contributed by atoms with E-state index >= 15 is 0 Å². The molecule has 0 amide bonds. The Morgan fingerprint density at radius 1 is 0.964 bits per heavy atom. The molecule has 16 heteroatoms. The van der Waals surface area contributed by atoms with E-state index in [0.29, 0.717) is 12.8 Å². The SMILES string of the molecule is CCCCCCCC(=O)O[C@H]1/C(=C/C(=O)OC)C[C@H]2C[C@H](CO)OC(=O)C[C@H](O)C[C@@H]3C[C@H](OC(C)=O)C[C@](O)(C[C@@H]4CCO[C@H](/C=C\C(C)(C)[C@]1(O)O2)O4)O3. The van der Waals surface area contributed by atoms with Crippen LogP contribution in [0.25, 0.3) is 0 Å². The Balaban J connectivity index is 1.71. The number of aliphatic hydroxyl groups excluding tert-OH is 2. The molecule has 0 spiro atoms. The van der Waals surface area contributed by atoms with Crippen molar-refractivity contribution in [3.05, 3.63) is 23.8 Å². The van der Waals surface area contributed by atoms with Gasteiger partial charge in [0.25, 0.3) is 0 Å². The van der Waals surface area contributed by atoms with Crippen LogP contribution in [0.15, 0.2) is 23.8 Å². The topological polar surface area (TPSA) is 223 Å². The predicted octanol–water partition coefficient (Wildman–Crippen LogP) is 3.19. The average molecular weight is 799 g/mol. The van der Waals surface area contributed by atoms with E-state index in [1.165, 1.54) is 14.0 Å². The number of esters is 4. The van der Waals surface area contributed by atoms with Crippen molar-refractivity contribution in [3.63, 3.8) is 0 Å². The molecular weight excluding hydrogens is 736 g/mol. The van der Waals surface area contributed by atoms with Crippen LogP contribution in [-0.2, 0) is 57.1 Å². The Hall–Kier alpha value is -2.96. The fourth-order valence-corrected chi connectivity index (χ4v) is 7.83. The Morgan fingerprint density at radius 2 is 1.71 bits per heavy atom. The third-order valence-electron chi connectivity index (χ3n) is 10.7. The van der Waals surface area contributed by atoms with Gasteiger partial charge in [-0.1, -0.05) is 52.5 Å². The quantitative estimate of drug-likeness (QED) is 0.0819. The minimum Gasteiger partial charge on any atom is -0.466 e. The second kappa shape index (κ2) is 20.6. The lowest BCUT2D eigenvalue weighted by molar-refractivity contribution is -0.327. The molecule has 4 rings (SSSR count). The summed E-state index contributed by atoms with van der Waals surface area (Å²) in [6.45, 7) is 6.22. The summed E-state index contributed by atoms with van der Waals surface area (Å²) in [5.41, 5.74) is -1.22. The van der Waals surface area contributed by atoms with E-state index in [1.54, 1.807) is 26.0 Å². The van der Waals surface area contributed by atoms with Crippen LogP contribution in [0.5, 0.6) is 0 Å². The maximum absolute atomic E-state index is 13.3. The maximum Gasteiger partial charge on any atom is 0.330 e. The number of unbranched alkanes of at least 4 members (excludes halogenated alkanes) is 4. The highest BCUT2D eigenvalue weighted by Gasteiger charge is 2.57. The Morgan fingerprint density at radius 3 is 2.41 bits per heavy atom. The van der Waals surface area contributed by atoms with Gasteiger partial charge in [0.2, 0.25) is 5.79 Å². The minimum atomic E-state index is -2.34. The molecule has 10 atom stereocenters. The number of fused-ring (bicyclic) bond motifs is 6. The van der Waals surface area contributed by atoms with Gasteiger partial charge in [-0.2, -0.15) is 0 Å². The van der Waals surface area contributed by atoms with Crippen molar-refractivity contribution in [2.75, 3.05) is 20.3 Å². The highest BCUT2D eigenvalue weighted by Crippen LogP contribution is 2.47. The fourth-order valence-electron chi connectivity index (χ4n) is 7.83. The molecule has 0 saturated carbocycles. The lowest BCUT2D eigenvalue weighted by Gasteiger charge is -2.51. The summed E-state index contributed by atoms with van der Waals surface area (Å²) >= 11 is 0. The maximum atomic E-state index is 13.3. The number of carbonyl (C=O) groups is 4. The van der Waals surface area contributed by atoms with Gasteiger partial charge in [-0.15, -0.1) is 0 Å². The molecule has 16 nitrogen and oxygen atoms in total. The summed E-state index contributed by atoms with van der Waals surface area (Å²) in [7, 11) is 1.19. The van der Waals surface area contributed by atoms with Crippen molar-refractivity contribution < 1.29 is 77.5 Å². The first-order valence-corrected chi connectivity index (χ1v) is 19.9. The van der Waals surface area contributed by atoms with Gasteiger partial charge in [-0.05, 0) is 30.9 Å². The number of rotatable bonds is 10. The predicted molar refractivity (Wildman–Crippen MR) is 196 cm³/mol. The standard InChI is InChI=1S/C40H62O16/c1-6-7-8-9-10-11-33(44)54-37-26(17-34(45)49-5)16-29-21-32(24-41)52-35(46)19-27(43)18-30-20-31(51-25(2)42)23-39(47,55-30)22-28-13-15-50-36(53-28)12-14-38(3,4)40(37,48)56-29/h12,14,17,27-32,36-37,41,43,47-48H,6-11,13,15-16,18-24H2,1-5H3/b14-12-,26-17+/t27-,28+,29+,30-,31+,32-,36+,37+,39+,40-/m1/s1. The number of ether oxygens (including phenoxy) is 8. The van der Waals surface area contributed by atoms with Crippen LogP contribution in [0.1, 0.15) is 118 Å². The molecule has 3 fully saturated rings. The number of aliphatic hydroxyl groups is 4. The van der Waals surface area contributed by atoms with Gasteiger partial charge in [-0.25, -0.2) is 4.79 Å². The molecule has 318 valence electrons. The van der Waals surface area contributed by atoms with Crippen LogP contribution >= 0.6 is 0 Å². The smallest absolute Gasteiger partial charge is 0.330 e. The first kappa shape index (κ1) is 45.7. The molecule has 4 heterocycles. The molecule has 0 aromatic heterocycles. The van der Waals surface area contributed by atoms with Crippen LogP contribution < -0.4 is 0 Å². The molecule has 0 aliphatic carbocycles. The molecule has 6 bridgehead atoms. The van der Waals surface area contributed by atoms with E-state index in [-0.39, 0.29) is 57.1 Å². The second-order valence-electron chi connectivity index (χ2n) is 16.0. The number of hydrogen-bond donors (Lipinski definition) is 4. The van der Waals surface area contributed by atoms with Gasteiger partial charge >= 0.3 is 23.9 Å². The molecule has 3 saturated heterocycles. The largest absolute Gasteiger partial charge is 0.466 e. The van der Waals surface area contributed by atoms with Gasteiger partial charge < -0.3 is 58.3 Å². The Labute approximate surface area is 328 Å². The van der Waals surface area contributed by atoms with Crippen molar-refractivity contribution in [2.24, 2.45) is 5.41 Å².